The van der Waals surface area contributed by atoms with Crippen molar-refractivity contribution >= 4 is 23.9 Å². The van der Waals surface area contributed by atoms with Gasteiger partial charge in [0.15, 0.2) is 0 Å². The number of allylic oxidation sites excluding steroid dienone is 4. The summed E-state index contributed by atoms with van der Waals surface area (Å²) in [4.78, 5) is 54.4. The number of carbonyl (C=O) groups is 4. The van der Waals surface area contributed by atoms with E-state index in [1.807, 2.05) is 24.3 Å². The van der Waals surface area contributed by atoms with Gasteiger partial charge >= 0.3 is 23.9 Å². The molecule has 0 aromatic heterocycles. The zero-order valence-corrected chi connectivity index (χ0v) is 26.0. The Hall–Kier alpha value is -3.16. The third-order valence-corrected chi connectivity index (χ3v) is 12.8. The van der Waals surface area contributed by atoms with E-state index in [9.17, 15) is 19.2 Å². The maximum atomic E-state index is 13.6. The van der Waals surface area contributed by atoms with Crippen LogP contribution in [0.4, 0.5) is 0 Å². The lowest BCUT2D eigenvalue weighted by Crippen LogP contribution is -2.47. The van der Waals surface area contributed by atoms with Crippen molar-refractivity contribution in [2.45, 2.75) is 77.0 Å². The summed E-state index contributed by atoms with van der Waals surface area (Å²) in [6.45, 7) is -0.769. The van der Waals surface area contributed by atoms with E-state index in [-0.39, 0.29) is 50.3 Å². The molecule has 0 aromatic carbocycles. The van der Waals surface area contributed by atoms with E-state index in [0.29, 0.717) is 23.7 Å². The number of rotatable bonds is 12. The first kappa shape index (κ1) is 29.3. The Kier molecular flexibility index (Phi) is 6.78. The highest BCUT2D eigenvalue weighted by Crippen LogP contribution is 2.53. The number of carbonyl (C=O) groups excluding carboxylic acids is 4. The minimum absolute atomic E-state index is 0.192. The molecule has 240 valence electrons. The maximum Gasteiger partial charge on any atom is 0.315 e. The lowest BCUT2D eigenvalue weighted by atomic mass is 9.86. The predicted octanol–water partition coefficient (Wildman–Crippen LogP) is 5.57. The van der Waals surface area contributed by atoms with E-state index in [4.69, 9.17) is 18.9 Å². The van der Waals surface area contributed by atoms with Crippen molar-refractivity contribution in [1.29, 1.82) is 0 Å². The first-order chi connectivity index (χ1) is 21.7. The van der Waals surface area contributed by atoms with Crippen LogP contribution in [0.5, 0.6) is 0 Å². The molecule has 0 amide bonds. The summed E-state index contributed by atoms with van der Waals surface area (Å²) >= 11 is 0. The minimum atomic E-state index is -1.25. The SMILES string of the molecule is O=C(OCC(COC(=O)C12C=CC(CC1)C2)(COC(=O)C12C=CC(CC1)C2)COC(=O)C12C=CC(CC1)C2)C12C=CC(CC1)C2. The molecule has 0 N–H and O–H groups in total. The number of hydrogen-bond donors (Lipinski definition) is 0. The standard InChI is InChI=1S/C37H44O8/c38-29(34-9-1-25(17-34)2-10-34)42-21-33(22-43-30(39)35-11-3-26(18-35)4-12-35,23-44-31(40)36-13-5-27(19-36)6-14-36)24-45-32(41)37-15-7-28(20-37)8-16-37/h1,3,5,7,9,11,13,15,25-28H,2,4,6,8,10,12,14,16-24H2. The van der Waals surface area contributed by atoms with Crippen molar-refractivity contribution in [3.8, 4) is 0 Å². The third-order valence-electron chi connectivity index (χ3n) is 12.8. The highest BCUT2D eigenvalue weighted by molar-refractivity contribution is 5.83. The Morgan fingerprint density at radius 1 is 0.467 bits per heavy atom. The molecule has 8 nitrogen and oxygen atoms in total. The molecule has 0 spiro atoms. The maximum absolute atomic E-state index is 13.6. The van der Waals surface area contributed by atoms with Crippen LogP contribution < -0.4 is 0 Å². The van der Waals surface area contributed by atoms with Gasteiger partial charge in [0.05, 0.1) is 21.7 Å². The van der Waals surface area contributed by atoms with Crippen LogP contribution >= 0.6 is 0 Å². The van der Waals surface area contributed by atoms with Gasteiger partial charge in [-0.05, 0) is 101 Å². The van der Waals surface area contributed by atoms with E-state index in [1.54, 1.807) is 0 Å². The summed E-state index contributed by atoms with van der Waals surface area (Å²) in [6, 6.07) is 0. The quantitative estimate of drug-likeness (QED) is 0.159. The largest absolute Gasteiger partial charge is 0.464 e. The molecule has 8 aliphatic rings. The molecule has 4 saturated carbocycles. The van der Waals surface area contributed by atoms with Gasteiger partial charge in [0, 0.05) is 0 Å². The predicted molar refractivity (Wildman–Crippen MR) is 162 cm³/mol. The Labute approximate surface area is 264 Å². The Morgan fingerprint density at radius 2 is 0.711 bits per heavy atom. The van der Waals surface area contributed by atoms with Crippen LogP contribution in [-0.4, -0.2) is 50.3 Å². The van der Waals surface area contributed by atoms with Gasteiger partial charge in [-0.2, -0.15) is 0 Å². The first-order valence-electron chi connectivity index (χ1n) is 17.1. The van der Waals surface area contributed by atoms with Crippen molar-refractivity contribution in [2.75, 3.05) is 26.4 Å². The molecule has 8 heteroatoms. The van der Waals surface area contributed by atoms with Crippen molar-refractivity contribution in [3.63, 3.8) is 0 Å². The van der Waals surface area contributed by atoms with Crippen LogP contribution in [-0.2, 0) is 38.1 Å². The van der Waals surface area contributed by atoms with Gasteiger partial charge in [0.25, 0.3) is 0 Å². The van der Waals surface area contributed by atoms with Crippen LogP contribution in [0, 0.1) is 50.7 Å². The van der Waals surface area contributed by atoms with Crippen molar-refractivity contribution in [1.82, 2.24) is 0 Å². The van der Waals surface area contributed by atoms with Gasteiger partial charge in [0.1, 0.15) is 31.8 Å². The zero-order chi connectivity index (χ0) is 30.9. The average Bonchev–Trinajstić information content (AvgIpc) is 3.93. The normalized spacial score (nSPS) is 41.6. The van der Waals surface area contributed by atoms with Crippen LogP contribution in [0.15, 0.2) is 48.6 Å². The van der Waals surface area contributed by atoms with Gasteiger partial charge in [-0.25, -0.2) is 0 Å². The van der Waals surface area contributed by atoms with E-state index < -0.39 is 27.1 Å². The molecule has 0 saturated heterocycles. The fourth-order valence-corrected chi connectivity index (χ4v) is 9.72. The molecule has 0 aromatic rings. The highest BCUT2D eigenvalue weighted by atomic mass is 16.6. The summed E-state index contributed by atoms with van der Waals surface area (Å²) in [5.74, 6) is 0.267. The van der Waals surface area contributed by atoms with E-state index in [2.05, 4.69) is 24.3 Å². The number of fused-ring (bicyclic) bond motifs is 8. The fourth-order valence-electron chi connectivity index (χ4n) is 9.72. The molecule has 0 heterocycles. The van der Waals surface area contributed by atoms with Gasteiger partial charge in [-0.1, -0.05) is 48.6 Å². The molecule has 0 radical (unpaired) electrons. The Balaban J connectivity index is 1.04. The Morgan fingerprint density at radius 3 is 0.867 bits per heavy atom. The van der Waals surface area contributed by atoms with E-state index in [0.717, 1.165) is 77.0 Å². The molecular formula is C37H44O8. The third kappa shape index (κ3) is 4.84. The summed E-state index contributed by atoms with van der Waals surface area (Å²) in [6.07, 6.45) is 26.0. The molecule has 4 fully saturated rings. The van der Waals surface area contributed by atoms with Gasteiger partial charge in [0.2, 0.25) is 0 Å². The lowest BCUT2D eigenvalue weighted by molar-refractivity contribution is -0.180. The smallest absolute Gasteiger partial charge is 0.315 e. The fraction of sp³-hybridized carbons (Fsp3) is 0.676. The first-order valence-corrected chi connectivity index (χ1v) is 17.1. The van der Waals surface area contributed by atoms with Crippen LogP contribution in [0.3, 0.4) is 0 Å². The Bertz CT molecular complexity index is 1210. The van der Waals surface area contributed by atoms with Crippen LogP contribution in [0.1, 0.15) is 77.0 Å². The van der Waals surface area contributed by atoms with E-state index in [1.165, 1.54) is 0 Å². The van der Waals surface area contributed by atoms with E-state index >= 15 is 0 Å². The number of ether oxygens (including phenoxy) is 4. The van der Waals surface area contributed by atoms with Crippen molar-refractivity contribution in [2.24, 2.45) is 50.7 Å². The second-order valence-corrected chi connectivity index (χ2v) is 15.9. The summed E-state index contributed by atoms with van der Waals surface area (Å²) in [5.41, 5.74) is -3.84. The van der Waals surface area contributed by atoms with Gasteiger partial charge in [-0.15, -0.1) is 0 Å². The van der Waals surface area contributed by atoms with Crippen molar-refractivity contribution < 1.29 is 38.1 Å². The zero-order valence-electron chi connectivity index (χ0n) is 26.0. The van der Waals surface area contributed by atoms with Crippen LogP contribution in [0.2, 0.25) is 0 Å². The van der Waals surface area contributed by atoms with Crippen molar-refractivity contribution in [3.05, 3.63) is 48.6 Å². The van der Waals surface area contributed by atoms with Gasteiger partial charge in [-0.3, -0.25) is 19.2 Å². The lowest BCUT2D eigenvalue weighted by Gasteiger charge is -2.35. The highest BCUT2D eigenvalue weighted by Gasteiger charge is 2.53. The van der Waals surface area contributed by atoms with Crippen LogP contribution in [0.25, 0.3) is 0 Å². The minimum Gasteiger partial charge on any atom is -0.464 e. The summed E-state index contributed by atoms with van der Waals surface area (Å²) in [7, 11) is 0. The molecule has 8 rings (SSSR count). The topological polar surface area (TPSA) is 105 Å². The molecule has 8 bridgehead atoms. The molecule has 8 aliphatic carbocycles. The molecule has 8 atom stereocenters. The van der Waals surface area contributed by atoms with Gasteiger partial charge < -0.3 is 18.9 Å². The molecule has 8 unspecified atom stereocenters. The summed E-state index contributed by atoms with van der Waals surface area (Å²) < 4.78 is 24.2. The molecular weight excluding hydrogens is 572 g/mol. The number of esters is 4. The number of hydrogen-bond acceptors (Lipinski definition) is 8. The summed E-state index contributed by atoms with van der Waals surface area (Å²) in [5, 5.41) is 0. The molecule has 0 aliphatic heterocycles. The second-order valence-electron chi connectivity index (χ2n) is 15.9. The second kappa shape index (κ2) is 10.4. The molecule has 45 heavy (non-hydrogen) atoms. The monoisotopic (exact) mass is 616 g/mol. The average molecular weight is 617 g/mol.